The fourth-order valence-corrected chi connectivity index (χ4v) is 2.75. The zero-order valence-corrected chi connectivity index (χ0v) is 8.67. The van der Waals surface area contributed by atoms with Crippen molar-refractivity contribution in [3.8, 4) is 0 Å². The molecule has 1 fully saturated rings. The number of hydrogen-bond acceptors (Lipinski definition) is 3. The van der Waals surface area contributed by atoms with Crippen molar-refractivity contribution >= 4 is 17.3 Å². The van der Waals surface area contributed by atoms with Crippen LogP contribution >= 0.6 is 11.3 Å². The van der Waals surface area contributed by atoms with Gasteiger partial charge >= 0.3 is 5.97 Å². The van der Waals surface area contributed by atoms with E-state index >= 15 is 0 Å². The minimum absolute atomic E-state index is 0.419. The molecule has 76 valence electrons. The standard InChI is InChI=1S/C10H13NO2S/c12-10(13)9(8-4-3-7-14-8)11-5-1-2-6-11/h3-4,7,9H,1-2,5-6H2,(H,12,13)/t9-/m0/s1. The SMILES string of the molecule is O=C(O)[C@H](c1cccs1)N1CCCC1. The zero-order chi connectivity index (χ0) is 9.97. The Kier molecular flexibility index (Phi) is 2.84. The highest BCUT2D eigenvalue weighted by atomic mass is 32.1. The summed E-state index contributed by atoms with van der Waals surface area (Å²) in [6.45, 7) is 1.82. The van der Waals surface area contributed by atoms with Crippen molar-refractivity contribution in [2.24, 2.45) is 0 Å². The summed E-state index contributed by atoms with van der Waals surface area (Å²) in [5.74, 6) is -0.727. The second-order valence-electron chi connectivity index (χ2n) is 3.50. The van der Waals surface area contributed by atoms with Crippen LogP contribution in [-0.4, -0.2) is 29.1 Å². The summed E-state index contributed by atoms with van der Waals surface area (Å²) in [4.78, 5) is 14.1. The van der Waals surface area contributed by atoms with E-state index in [1.165, 1.54) is 11.3 Å². The van der Waals surface area contributed by atoms with Crippen molar-refractivity contribution in [2.45, 2.75) is 18.9 Å². The fraction of sp³-hybridized carbons (Fsp3) is 0.500. The molecule has 2 rings (SSSR count). The van der Waals surface area contributed by atoms with Gasteiger partial charge in [0.15, 0.2) is 0 Å². The van der Waals surface area contributed by atoms with Crippen LogP contribution in [0.1, 0.15) is 23.8 Å². The lowest BCUT2D eigenvalue weighted by Crippen LogP contribution is -2.31. The van der Waals surface area contributed by atoms with E-state index in [0.29, 0.717) is 0 Å². The molecule has 14 heavy (non-hydrogen) atoms. The van der Waals surface area contributed by atoms with Gasteiger partial charge in [-0.25, -0.2) is 0 Å². The van der Waals surface area contributed by atoms with Crippen LogP contribution in [-0.2, 0) is 4.79 Å². The fourth-order valence-electron chi connectivity index (χ4n) is 1.90. The largest absolute Gasteiger partial charge is 0.480 e. The summed E-state index contributed by atoms with van der Waals surface area (Å²) in [6.07, 6.45) is 2.24. The maximum absolute atomic E-state index is 11.1. The molecule has 3 nitrogen and oxygen atoms in total. The summed E-state index contributed by atoms with van der Waals surface area (Å²) in [6, 6.07) is 3.39. The minimum Gasteiger partial charge on any atom is -0.480 e. The Hall–Kier alpha value is -0.870. The van der Waals surface area contributed by atoms with Crippen LogP contribution in [0.3, 0.4) is 0 Å². The predicted molar refractivity (Wildman–Crippen MR) is 55.5 cm³/mol. The summed E-state index contributed by atoms with van der Waals surface area (Å²) < 4.78 is 0. The Balaban J connectivity index is 2.19. The molecule has 0 spiro atoms. The van der Waals surface area contributed by atoms with E-state index < -0.39 is 12.0 Å². The van der Waals surface area contributed by atoms with E-state index in [-0.39, 0.29) is 0 Å². The van der Waals surface area contributed by atoms with E-state index in [1.807, 2.05) is 22.4 Å². The molecule has 1 aromatic heterocycles. The van der Waals surface area contributed by atoms with Crippen LogP contribution in [0.15, 0.2) is 17.5 Å². The molecule has 0 radical (unpaired) electrons. The second-order valence-corrected chi connectivity index (χ2v) is 4.48. The molecular formula is C10H13NO2S. The highest BCUT2D eigenvalue weighted by Gasteiger charge is 2.29. The van der Waals surface area contributed by atoms with Crippen LogP contribution in [0.25, 0.3) is 0 Å². The van der Waals surface area contributed by atoms with E-state index in [9.17, 15) is 9.90 Å². The smallest absolute Gasteiger partial charge is 0.326 e. The van der Waals surface area contributed by atoms with Crippen molar-refractivity contribution in [1.82, 2.24) is 4.90 Å². The molecule has 1 saturated heterocycles. The molecule has 0 bridgehead atoms. The van der Waals surface area contributed by atoms with Gasteiger partial charge in [0.1, 0.15) is 6.04 Å². The van der Waals surface area contributed by atoms with Gasteiger partial charge in [-0.3, -0.25) is 9.69 Å². The van der Waals surface area contributed by atoms with Gasteiger partial charge in [-0.15, -0.1) is 11.3 Å². The van der Waals surface area contributed by atoms with Gasteiger partial charge < -0.3 is 5.11 Å². The van der Waals surface area contributed by atoms with Crippen molar-refractivity contribution in [3.63, 3.8) is 0 Å². The molecule has 2 heterocycles. The predicted octanol–water partition coefficient (Wildman–Crippen LogP) is 1.97. The monoisotopic (exact) mass is 211 g/mol. The Morgan fingerprint density at radius 2 is 2.21 bits per heavy atom. The molecule has 0 unspecified atom stereocenters. The van der Waals surface area contributed by atoms with Gasteiger partial charge in [0.2, 0.25) is 0 Å². The van der Waals surface area contributed by atoms with E-state index in [2.05, 4.69) is 0 Å². The molecule has 0 aromatic carbocycles. The van der Waals surface area contributed by atoms with Crippen molar-refractivity contribution in [2.75, 3.05) is 13.1 Å². The van der Waals surface area contributed by atoms with Crippen molar-refractivity contribution < 1.29 is 9.90 Å². The molecular weight excluding hydrogens is 198 g/mol. The van der Waals surface area contributed by atoms with Gasteiger partial charge in [-0.05, 0) is 37.4 Å². The number of rotatable bonds is 3. The number of carbonyl (C=O) groups is 1. The van der Waals surface area contributed by atoms with Crippen molar-refractivity contribution in [1.29, 1.82) is 0 Å². The number of carboxylic acids is 1. The third kappa shape index (κ3) is 1.81. The van der Waals surface area contributed by atoms with Gasteiger partial charge in [-0.2, -0.15) is 0 Å². The lowest BCUT2D eigenvalue weighted by Gasteiger charge is -2.22. The van der Waals surface area contributed by atoms with Gasteiger partial charge in [0, 0.05) is 4.88 Å². The molecule has 4 heteroatoms. The first kappa shape index (κ1) is 9.68. The second kappa shape index (κ2) is 4.11. The number of aliphatic carboxylic acids is 1. The average molecular weight is 211 g/mol. The summed E-state index contributed by atoms with van der Waals surface area (Å²) in [5.41, 5.74) is 0. The Bertz CT molecular complexity index is 304. The number of thiophene rings is 1. The average Bonchev–Trinajstić information content (AvgIpc) is 2.75. The summed E-state index contributed by atoms with van der Waals surface area (Å²) in [7, 11) is 0. The maximum Gasteiger partial charge on any atom is 0.326 e. The van der Waals surface area contributed by atoms with Gasteiger partial charge in [0.25, 0.3) is 0 Å². The Morgan fingerprint density at radius 1 is 1.50 bits per heavy atom. The Morgan fingerprint density at radius 3 is 2.71 bits per heavy atom. The van der Waals surface area contributed by atoms with Gasteiger partial charge in [-0.1, -0.05) is 6.07 Å². The molecule has 1 aliphatic heterocycles. The van der Waals surface area contributed by atoms with E-state index in [1.54, 1.807) is 0 Å². The van der Waals surface area contributed by atoms with Crippen LogP contribution in [0.4, 0.5) is 0 Å². The summed E-state index contributed by atoms with van der Waals surface area (Å²) in [5, 5.41) is 11.1. The lowest BCUT2D eigenvalue weighted by atomic mass is 10.2. The first-order valence-electron chi connectivity index (χ1n) is 4.79. The number of nitrogens with zero attached hydrogens (tertiary/aromatic N) is 1. The number of likely N-dealkylation sites (tertiary alicyclic amines) is 1. The van der Waals surface area contributed by atoms with Crippen LogP contribution in [0, 0.1) is 0 Å². The van der Waals surface area contributed by atoms with Crippen LogP contribution < -0.4 is 0 Å². The van der Waals surface area contributed by atoms with E-state index in [0.717, 1.165) is 30.8 Å². The zero-order valence-electron chi connectivity index (χ0n) is 7.85. The first-order valence-corrected chi connectivity index (χ1v) is 5.67. The maximum atomic E-state index is 11.1. The summed E-state index contributed by atoms with van der Waals surface area (Å²) >= 11 is 1.52. The molecule has 0 saturated carbocycles. The molecule has 1 aliphatic rings. The first-order chi connectivity index (χ1) is 6.79. The van der Waals surface area contributed by atoms with Crippen molar-refractivity contribution in [3.05, 3.63) is 22.4 Å². The molecule has 0 aliphatic carbocycles. The Labute approximate surface area is 87.0 Å². The number of hydrogen-bond donors (Lipinski definition) is 1. The highest BCUT2D eigenvalue weighted by Crippen LogP contribution is 2.28. The third-order valence-electron chi connectivity index (χ3n) is 2.55. The van der Waals surface area contributed by atoms with E-state index in [4.69, 9.17) is 0 Å². The van der Waals surface area contributed by atoms with Crippen LogP contribution in [0.5, 0.6) is 0 Å². The molecule has 1 atom stereocenters. The quantitative estimate of drug-likeness (QED) is 0.831. The topological polar surface area (TPSA) is 40.5 Å². The minimum atomic E-state index is -0.727. The lowest BCUT2D eigenvalue weighted by molar-refractivity contribution is -0.143. The highest BCUT2D eigenvalue weighted by molar-refractivity contribution is 7.10. The third-order valence-corrected chi connectivity index (χ3v) is 3.48. The normalized spacial score (nSPS) is 19.7. The molecule has 1 N–H and O–H groups in total. The molecule has 1 aromatic rings. The van der Waals surface area contributed by atoms with Crippen LogP contribution in [0.2, 0.25) is 0 Å². The van der Waals surface area contributed by atoms with Gasteiger partial charge in [0.05, 0.1) is 0 Å². The molecule has 0 amide bonds. The number of carboxylic acid groups (broad SMARTS) is 1.